The lowest BCUT2D eigenvalue weighted by Gasteiger charge is -1.97. The van der Waals surface area contributed by atoms with Crippen LogP contribution in [0.1, 0.15) is 25.5 Å². The highest BCUT2D eigenvalue weighted by Crippen LogP contribution is 2.22. The van der Waals surface area contributed by atoms with Crippen LogP contribution in [-0.2, 0) is 0 Å². The van der Waals surface area contributed by atoms with Crippen LogP contribution in [0.15, 0.2) is 5.38 Å². The zero-order chi connectivity index (χ0) is 8.27. The third-order valence-electron chi connectivity index (χ3n) is 1.30. The van der Waals surface area contributed by atoms with Crippen molar-refractivity contribution in [2.75, 3.05) is 11.0 Å². The van der Waals surface area contributed by atoms with E-state index in [-0.39, 0.29) is 0 Å². The van der Waals surface area contributed by atoms with E-state index < -0.39 is 0 Å². The molecule has 0 aliphatic rings. The van der Waals surface area contributed by atoms with Crippen molar-refractivity contribution in [3.8, 4) is 0 Å². The van der Waals surface area contributed by atoms with E-state index in [0.717, 1.165) is 5.13 Å². The summed E-state index contributed by atoms with van der Waals surface area (Å²) in [7, 11) is 0. The van der Waals surface area contributed by atoms with Gasteiger partial charge in [-0.2, -0.15) is 0 Å². The normalized spacial score (nSPS) is 10.5. The lowest BCUT2D eigenvalue weighted by Crippen LogP contribution is -1.88. The summed E-state index contributed by atoms with van der Waals surface area (Å²) in [4.78, 5) is 4.39. The molecule has 11 heavy (non-hydrogen) atoms. The summed E-state index contributed by atoms with van der Waals surface area (Å²) >= 11 is 3.24. The molecule has 0 atom stereocenters. The zero-order valence-electron chi connectivity index (χ0n) is 6.92. The number of nitrogens with one attached hydrogen (secondary N) is 1. The van der Waals surface area contributed by atoms with E-state index in [1.54, 1.807) is 23.3 Å². The summed E-state index contributed by atoms with van der Waals surface area (Å²) in [6, 6.07) is 0. The Kier molecular flexibility index (Phi) is 3.20. The molecule has 1 rings (SSSR count). The van der Waals surface area contributed by atoms with E-state index in [1.807, 2.05) is 6.26 Å². The Balaban J connectivity index is 2.66. The van der Waals surface area contributed by atoms with Gasteiger partial charge in [0.1, 0.15) is 0 Å². The minimum Gasteiger partial charge on any atom is -0.306 e. The summed E-state index contributed by atoms with van der Waals surface area (Å²) in [6.45, 7) is 4.30. The maximum Gasteiger partial charge on any atom is 0.192 e. The van der Waals surface area contributed by atoms with Crippen LogP contribution in [0.2, 0.25) is 0 Å². The largest absolute Gasteiger partial charge is 0.306 e. The Morgan fingerprint density at radius 1 is 1.64 bits per heavy atom. The Hall–Kier alpha value is -0.220. The molecule has 1 heterocycles. The lowest BCUT2D eigenvalue weighted by molar-refractivity contribution is 0.834. The molecule has 0 amide bonds. The summed E-state index contributed by atoms with van der Waals surface area (Å²) in [6.07, 6.45) is 2.00. The maximum absolute atomic E-state index is 4.39. The van der Waals surface area contributed by atoms with Gasteiger partial charge in [0.25, 0.3) is 0 Å². The fourth-order valence-corrected chi connectivity index (χ4v) is 2.06. The predicted molar refractivity (Wildman–Crippen MR) is 53.3 cm³/mol. The summed E-state index contributed by atoms with van der Waals surface area (Å²) in [5.41, 5.74) is 1.17. The van der Waals surface area contributed by atoms with Crippen molar-refractivity contribution in [3.63, 3.8) is 0 Å². The Morgan fingerprint density at radius 2 is 2.36 bits per heavy atom. The van der Waals surface area contributed by atoms with E-state index in [0.29, 0.717) is 5.92 Å². The highest BCUT2D eigenvalue weighted by molar-refractivity contribution is 8.00. The Labute approximate surface area is 75.6 Å². The molecule has 0 aliphatic heterocycles. The van der Waals surface area contributed by atoms with E-state index in [4.69, 9.17) is 0 Å². The maximum atomic E-state index is 4.39. The second-order valence-electron chi connectivity index (χ2n) is 2.54. The Morgan fingerprint density at radius 3 is 2.82 bits per heavy atom. The van der Waals surface area contributed by atoms with Gasteiger partial charge in [0.05, 0.1) is 5.69 Å². The number of hydrogen-bond donors (Lipinski definition) is 1. The van der Waals surface area contributed by atoms with Crippen LogP contribution in [0.5, 0.6) is 0 Å². The number of nitrogens with zero attached hydrogens (tertiary/aromatic N) is 1. The van der Waals surface area contributed by atoms with Gasteiger partial charge in [0, 0.05) is 11.6 Å². The summed E-state index contributed by atoms with van der Waals surface area (Å²) in [5, 5.41) is 3.10. The van der Waals surface area contributed by atoms with Crippen molar-refractivity contribution in [2.45, 2.75) is 19.8 Å². The van der Waals surface area contributed by atoms with E-state index in [1.165, 1.54) is 5.69 Å². The lowest BCUT2D eigenvalue weighted by atomic mass is 10.2. The highest BCUT2D eigenvalue weighted by atomic mass is 32.2. The minimum absolute atomic E-state index is 0.531. The van der Waals surface area contributed by atoms with Gasteiger partial charge in [-0.1, -0.05) is 25.8 Å². The van der Waals surface area contributed by atoms with E-state index >= 15 is 0 Å². The molecule has 0 saturated carbocycles. The van der Waals surface area contributed by atoms with Crippen molar-refractivity contribution in [1.82, 2.24) is 4.98 Å². The highest BCUT2D eigenvalue weighted by Gasteiger charge is 2.03. The second-order valence-corrected chi connectivity index (χ2v) is 4.01. The fraction of sp³-hybridized carbons (Fsp3) is 0.571. The third-order valence-corrected chi connectivity index (χ3v) is 2.61. The molecule has 0 aromatic carbocycles. The zero-order valence-corrected chi connectivity index (χ0v) is 8.55. The van der Waals surface area contributed by atoms with Crippen molar-refractivity contribution in [3.05, 3.63) is 11.1 Å². The van der Waals surface area contributed by atoms with E-state index in [9.17, 15) is 0 Å². The molecule has 0 bridgehead atoms. The molecule has 1 aromatic heterocycles. The molecule has 4 heteroatoms. The first kappa shape index (κ1) is 8.87. The molecule has 62 valence electrons. The van der Waals surface area contributed by atoms with Crippen molar-refractivity contribution < 1.29 is 0 Å². The van der Waals surface area contributed by atoms with Crippen LogP contribution >= 0.6 is 23.3 Å². The third kappa shape index (κ3) is 2.38. The van der Waals surface area contributed by atoms with Gasteiger partial charge in [0.2, 0.25) is 0 Å². The SMILES string of the molecule is CSNc1nc(C(C)C)cs1. The first-order valence-corrected chi connectivity index (χ1v) is 5.59. The standard InChI is InChI=1S/C7H12N2S2/c1-5(2)6-4-11-7(8-6)9-10-3/h4-5H,1-3H3,(H,8,9). The van der Waals surface area contributed by atoms with Crippen LogP contribution in [0.25, 0.3) is 0 Å². The molecule has 0 radical (unpaired) electrons. The molecule has 0 fully saturated rings. The molecule has 0 aliphatic carbocycles. The molecule has 0 unspecified atom stereocenters. The van der Waals surface area contributed by atoms with E-state index in [2.05, 4.69) is 28.9 Å². The average Bonchev–Trinajstić information content (AvgIpc) is 2.37. The van der Waals surface area contributed by atoms with Crippen molar-refractivity contribution >= 4 is 28.4 Å². The minimum atomic E-state index is 0.531. The van der Waals surface area contributed by atoms with Gasteiger partial charge in [-0.15, -0.1) is 11.3 Å². The van der Waals surface area contributed by atoms with Gasteiger partial charge in [-0.05, 0) is 5.92 Å². The summed E-state index contributed by atoms with van der Waals surface area (Å²) < 4.78 is 3.11. The number of aromatic nitrogens is 1. The first-order valence-electron chi connectivity index (χ1n) is 3.48. The van der Waals surface area contributed by atoms with Crippen LogP contribution in [0.3, 0.4) is 0 Å². The van der Waals surface area contributed by atoms with Crippen LogP contribution in [-0.4, -0.2) is 11.2 Å². The number of thiazole rings is 1. The molecular weight excluding hydrogens is 176 g/mol. The van der Waals surface area contributed by atoms with Gasteiger partial charge < -0.3 is 4.72 Å². The topological polar surface area (TPSA) is 24.9 Å². The van der Waals surface area contributed by atoms with Crippen LogP contribution < -0.4 is 4.72 Å². The van der Waals surface area contributed by atoms with Gasteiger partial charge >= 0.3 is 0 Å². The molecule has 1 N–H and O–H groups in total. The fourth-order valence-electron chi connectivity index (χ4n) is 0.686. The number of rotatable bonds is 3. The number of anilines is 1. The smallest absolute Gasteiger partial charge is 0.192 e. The monoisotopic (exact) mass is 188 g/mol. The average molecular weight is 188 g/mol. The number of hydrogen-bond acceptors (Lipinski definition) is 4. The molecule has 0 saturated heterocycles. The van der Waals surface area contributed by atoms with Crippen LogP contribution in [0.4, 0.5) is 5.13 Å². The Bertz CT molecular complexity index is 220. The first-order chi connectivity index (χ1) is 5.24. The predicted octanol–water partition coefficient (Wildman–Crippen LogP) is 2.96. The van der Waals surface area contributed by atoms with Crippen LogP contribution in [0, 0.1) is 0 Å². The quantitative estimate of drug-likeness (QED) is 0.738. The van der Waals surface area contributed by atoms with Crippen molar-refractivity contribution in [1.29, 1.82) is 0 Å². The summed E-state index contributed by atoms with van der Waals surface area (Å²) in [5.74, 6) is 0.531. The molecule has 2 nitrogen and oxygen atoms in total. The molecule has 1 aromatic rings. The van der Waals surface area contributed by atoms with Gasteiger partial charge in [-0.3, -0.25) is 0 Å². The molecular formula is C7H12N2S2. The van der Waals surface area contributed by atoms with Crippen molar-refractivity contribution in [2.24, 2.45) is 0 Å². The molecule has 0 spiro atoms. The second kappa shape index (κ2) is 3.97. The van der Waals surface area contributed by atoms with Gasteiger partial charge in [0.15, 0.2) is 5.13 Å². The van der Waals surface area contributed by atoms with Gasteiger partial charge in [-0.25, -0.2) is 4.98 Å².